The Morgan fingerprint density at radius 1 is 1.12 bits per heavy atom. The van der Waals surface area contributed by atoms with Gasteiger partial charge in [-0.2, -0.15) is 18.3 Å². The molecule has 0 unspecified atom stereocenters. The van der Waals surface area contributed by atoms with Crippen LogP contribution < -0.4 is 4.74 Å². The number of imidazole rings is 1. The molecule has 1 saturated heterocycles. The first-order valence-corrected chi connectivity index (χ1v) is 10.4. The van der Waals surface area contributed by atoms with Crippen LogP contribution in [0.5, 0.6) is 5.75 Å². The highest BCUT2D eigenvalue weighted by Gasteiger charge is 2.33. The van der Waals surface area contributed by atoms with Gasteiger partial charge in [-0.25, -0.2) is 14.6 Å². The van der Waals surface area contributed by atoms with Crippen molar-refractivity contribution in [2.45, 2.75) is 6.18 Å². The van der Waals surface area contributed by atoms with E-state index in [1.807, 2.05) is 18.2 Å². The van der Waals surface area contributed by atoms with Gasteiger partial charge in [-0.3, -0.25) is 9.47 Å². The maximum Gasteiger partial charge on any atom is 0.435 e. The van der Waals surface area contributed by atoms with Crippen molar-refractivity contribution in [2.75, 3.05) is 39.5 Å². The zero-order valence-electron chi connectivity index (χ0n) is 17.5. The van der Waals surface area contributed by atoms with E-state index in [2.05, 4.69) is 26.0 Å². The Morgan fingerprint density at radius 2 is 1.97 bits per heavy atom. The number of fused-ring (bicyclic) bond motifs is 1. The zero-order valence-corrected chi connectivity index (χ0v) is 17.5. The molecule has 4 aromatic rings. The molecule has 33 heavy (non-hydrogen) atoms. The summed E-state index contributed by atoms with van der Waals surface area (Å²) in [6, 6.07) is 12.6. The van der Waals surface area contributed by atoms with Crippen LogP contribution in [0.3, 0.4) is 0 Å². The van der Waals surface area contributed by atoms with E-state index >= 15 is 0 Å². The molecule has 0 N–H and O–H groups in total. The Bertz CT molecular complexity index is 1250. The van der Waals surface area contributed by atoms with Crippen LogP contribution in [0.15, 0.2) is 48.9 Å². The van der Waals surface area contributed by atoms with Gasteiger partial charge in [0.1, 0.15) is 24.5 Å². The minimum atomic E-state index is -4.52. The van der Waals surface area contributed by atoms with Gasteiger partial charge >= 0.3 is 6.18 Å². The van der Waals surface area contributed by atoms with Crippen LogP contribution in [0.25, 0.3) is 22.7 Å². The molecule has 3 aromatic heterocycles. The molecule has 0 aliphatic carbocycles. The van der Waals surface area contributed by atoms with Crippen molar-refractivity contribution in [2.24, 2.45) is 0 Å². The van der Waals surface area contributed by atoms with Crippen molar-refractivity contribution >= 4 is 11.0 Å². The van der Waals surface area contributed by atoms with E-state index in [0.717, 1.165) is 49.1 Å². The van der Waals surface area contributed by atoms with Crippen molar-refractivity contribution < 1.29 is 22.6 Å². The zero-order chi connectivity index (χ0) is 22.8. The summed E-state index contributed by atoms with van der Waals surface area (Å²) in [6.45, 7) is 4.71. The number of nitrogens with zero attached hydrogens (tertiary/aromatic N) is 6. The van der Waals surface area contributed by atoms with E-state index in [4.69, 9.17) is 9.47 Å². The normalized spacial score (nSPS) is 15.2. The number of aromatic nitrogens is 5. The molecule has 11 heteroatoms. The number of hydrogen-bond acceptors (Lipinski definition) is 6. The number of pyridine rings is 1. The van der Waals surface area contributed by atoms with Crippen LogP contribution in [0.2, 0.25) is 0 Å². The molecule has 8 nitrogen and oxygen atoms in total. The van der Waals surface area contributed by atoms with E-state index < -0.39 is 11.9 Å². The molecule has 5 rings (SSSR count). The van der Waals surface area contributed by atoms with Gasteiger partial charge in [-0.05, 0) is 30.3 Å². The van der Waals surface area contributed by atoms with Gasteiger partial charge in [0.15, 0.2) is 11.5 Å². The topological polar surface area (TPSA) is 70.2 Å². The second kappa shape index (κ2) is 8.83. The summed E-state index contributed by atoms with van der Waals surface area (Å²) in [7, 11) is 0. The first-order valence-electron chi connectivity index (χ1n) is 10.4. The number of rotatable bonds is 6. The first-order chi connectivity index (χ1) is 16.0. The van der Waals surface area contributed by atoms with Crippen LogP contribution in [-0.2, 0) is 10.9 Å². The fourth-order valence-corrected chi connectivity index (χ4v) is 3.60. The van der Waals surface area contributed by atoms with Crippen LogP contribution in [0.4, 0.5) is 13.2 Å². The highest BCUT2D eigenvalue weighted by molar-refractivity contribution is 5.78. The molecule has 0 amide bonds. The number of ether oxygens (including phenoxy) is 2. The quantitative estimate of drug-likeness (QED) is 0.443. The second-order valence-corrected chi connectivity index (χ2v) is 7.48. The van der Waals surface area contributed by atoms with E-state index in [1.165, 1.54) is 6.20 Å². The molecule has 0 spiro atoms. The summed E-state index contributed by atoms with van der Waals surface area (Å²) < 4.78 is 52.6. The number of morpholine rings is 1. The predicted octanol–water partition coefficient (Wildman–Crippen LogP) is 3.14. The van der Waals surface area contributed by atoms with E-state index in [0.29, 0.717) is 23.7 Å². The van der Waals surface area contributed by atoms with E-state index in [1.54, 1.807) is 23.0 Å². The molecule has 171 valence electrons. The second-order valence-electron chi connectivity index (χ2n) is 7.48. The molecule has 0 saturated carbocycles. The molecule has 1 fully saturated rings. The Kier molecular flexibility index (Phi) is 5.73. The molecule has 1 radical (unpaired) electrons. The van der Waals surface area contributed by atoms with Crippen molar-refractivity contribution in [1.82, 2.24) is 29.2 Å². The third kappa shape index (κ3) is 4.69. The molecule has 1 aromatic carbocycles. The van der Waals surface area contributed by atoms with Crippen LogP contribution in [0.1, 0.15) is 5.69 Å². The van der Waals surface area contributed by atoms with Crippen LogP contribution >= 0.6 is 0 Å². The average Bonchev–Trinajstić information content (AvgIpc) is 3.47. The van der Waals surface area contributed by atoms with E-state index in [-0.39, 0.29) is 5.82 Å². The van der Waals surface area contributed by atoms with Crippen LogP contribution in [0, 0.1) is 6.07 Å². The molecule has 4 heterocycles. The van der Waals surface area contributed by atoms with Crippen molar-refractivity contribution in [3.8, 4) is 17.4 Å². The van der Waals surface area contributed by atoms with Crippen molar-refractivity contribution in [3.05, 3.63) is 60.7 Å². The maximum atomic E-state index is 12.9. The first kappa shape index (κ1) is 21.4. The molecule has 0 bridgehead atoms. The van der Waals surface area contributed by atoms with Gasteiger partial charge in [-0.1, -0.05) is 0 Å². The highest BCUT2D eigenvalue weighted by atomic mass is 19.4. The molecular weight excluding hydrogens is 437 g/mol. The van der Waals surface area contributed by atoms with Gasteiger partial charge < -0.3 is 9.47 Å². The van der Waals surface area contributed by atoms with Gasteiger partial charge in [0.25, 0.3) is 0 Å². The summed E-state index contributed by atoms with van der Waals surface area (Å²) in [5, 5.41) is 3.56. The Morgan fingerprint density at radius 3 is 2.76 bits per heavy atom. The fourth-order valence-electron chi connectivity index (χ4n) is 3.60. The number of halogens is 3. The van der Waals surface area contributed by atoms with Gasteiger partial charge in [0.2, 0.25) is 0 Å². The fraction of sp³-hybridized carbons (Fsp3) is 0.318. The monoisotopic (exact) mass is 457 g/mol. The number of alkyl halides is 3. The SMILES string of the molecule is FC(F)(F)c1ccn(-c2[c]ccc(-n3cnc4cc(OCCN5CCOCC5)ccc43)n2)n1. The number of benzene rings is 1. The summed E-state index contributed by atoms with van der Waals surface area (Å²) in [4.78, 5) is 11.1. The van der Waals surface area contributed by atoms with Crippen LogP contribution in [-0.4, -0.2) is 68.7 Å². The smallest absolute Gasteiger partial charge is 0.435 e. The van der Waals surface area contributed by atoms with Crippen molar-refractivity contribution in [3.63, 3.8) is 0 Å². The minimum Gasteiger partial charge on any atom is -0.492 e. The standard InChI is InChI=1S/C22H20F3N6O2/c23-22(24,25)19-6-7-31(28-19)21-3-1-2-20(27-21)30-15-26-17-14-16(4-5-18(17)30)33-13-10-29-8-11-32-12-9-29/h1-2,4-7,14-15H,8-13H2. The lowest BCUT2D eigenvalue weighted by molar-refractivity contribution is -0.141. The number of hydrogen-bond donors (Lipinski definition) is 0. The molecule has 1 aliphatic heterocycles. The summed E-state index contributed by atoms with van der Waals surface area (Å²) in [5.41, 5.74) is 0.516. The van der Waals surface area contributed by atoms with Gasteiger partial charge in [0.05, 0.1) is 24.2 Å². The molecule has 1 aliphatic rings. The molecular formula is C22H20F3N6O2. The van der Waals surface area contributed by atoms with E-state index in [9.17, 15) is 13.2 Å². The van der Waals surface area contributed by atoms with Crippen molar-refractivity contribution in [1.29, 1.82) is 0 Å². The van der Waals surface area contributed by atoms with Gasteiger partial charge in [-0.15, -0.1) is 0 Å². The summed E-state index contributed by atoms with van der Waals surface area (Å²) in [5.74, 6) is 1.34. The minimum absolute atomic E-state index is 0.146. The summed E-state index contributed by atoms with van der Waals surface area (Å²) in [6.07, 6.45) is -1.71. The maximum absolute atomic E-state index is 12.9. The van der Waals surface area contributed by atoms with Gasteiger partial charge in [0, 0.05) is 38.0 Å². The lowest BCUT2D eigenvalue weighted by Gasteiger charge is -2.26. The largest absolute Gasteiger partial charge is 0.492 e. The molecule has 0 atom stereocenters. The predicted molar refractivity (Wildman–Crippen MR) is 113 cm³/mol. The average molecular weight is 457 g/mol. The Hall–Kier alpha value is -3.44. The third-order valence-electron chi connectivity index (χ3n) is 5.31. The lowest BCUT2D eigenvalue weighted by Crippen LogP contribution is -2.38. The third-order valence-corrected chi connectivity index (χ3v) is 5.31. The Labute approximate surface area is 187 Å². The lowest BCUT2D eigenvalue weighted by atomic mass is 10.3. The Balaban J connectivity index is 1.33. The summed E-state index contributed by atoms with van der Waals surface area (Å²) >= 11 is 0. The highest BCUT2D eigenvalue weighted by Crippen LogP contribution is 2.28.